The Balaban J connectivity index is 1.58. The first-order valence-electron chi connectivity index (χ1n) is 7.43. The first kappa shape index (κ1) is 14.8. The van der Waals surface area contributed by atoms with Crippen LogP contribution in [0.5, 0.6) is 0 Å². The minimum absolute atomic E-state index is 0.0925. The van der Waals surface area contributed by atoms with E-state index in [4.69, 9.17) is 0 Å². The second kappa shape index (κ2) is 5.40. The lowest BCUT2D eigenvalue weighted by atomic mass is 10.2. The fourth-order valence-corrected chi connectivity index (χ4v) is 4.95. The number of thiophene rings is 1. The molecule has 120 valence electrons. The molecule has 0 fully saturated rings. The van der Waals surface area contributed by atoms with Gasteiger partial charge < -0.3 is 4.90 Å². The van der Waals surface area contributed by atoms with E-state index in [0.29, 0.717) is 10.0 Å². The van der Waals surface area contributed by atoms with Crippen LogP contribution in [0.3, 0.4) is 0 Å². The number of hydrogen-bond donors (Lipinski definition) is 1. The summed E-state index contributed by atoms with van der Waals surface area (Å²) < 4.78 is 1.82. The molecule has 0 radical (unpaired) electrons. The zero-order chi connectivity index (χ0) is 16.1. The smallest absolute Gasteiger partial charge is 0.267 e. The van der Waals surface area contributed by atoms with Crippen LogP contribution < -0.4 is 5.32 Å². The van der Waals surface area contributed by atoms with Gasteiger partial charge >= 0.3 is 0 Å². The summed E-state index contributed by atoms with van der Waals surface area (Å²) in [6.07, 6.45) is 0.950. The second-order valence-corrected chi connectivity index (χ2v) is 7.98. The van der Waals surface area contributed by atoms with Crippen LogP contribution in [0.25, 0.3) is 10.2 Å². The molecule has 0 saturated heterocycles. The number of carbonyl (C=O) groups is 1. The van der Waals surface area contributed by atoms with Gasteiger partial charge in [0.2, 0.25) is 0 Å². The maximum Gasteiger partial charge on any atom is 0.267 e. The lowest BCUT2D eigenvalue weighted by Crippen LogP contribution is -2.25. The van der Waals surface area contributed by atoms with Gasteiger partial charge in [-0.3, -0.25) is 14.8 Å². The van der Waals surface area contributed by atoms with Crippen molar-refractivity contribution >= 4 is 43.9 Å². The van der Waals surface area contributed by atoms with Crippen molar-refractivity contribution in [3.05, 3.63) is 27.2 Å². The van der Waals surface area contributed by atoms with Gasteiger partial charge in [-0.1, -0.05) is 0 Å². The molecule has 3 aromatic heterocycles. The maximum absolute atomic E-state index is 12.5. The quantitative estimate of drug-likeness (QED) is 0.774. The van der Waals surface area contributed by atoms with Crippen molar-refractivity contribution < 1.29 is 4.79 Å². The number of amides is 1. The summed E-state index contributed by atoms with van der Waals surface area (Å²) in [6.45, 7) is 3.89. The number of carbonyl (C=O) groups excluding carboxylic acids is 1. The molecule has 0 unspecified atom stereocenters. The van der Waals surface area contributed by atoms with Crippen LogP contribution in [-0.4, -0.2) is 39.2 Å². The monoisotopic (exact) mass is 347 g/mol. The third-order valence-electron chi connectivity index (χ3n) is 4.06. The first-order valence-corrected chi connectivity index (χ1v) is 9.06. The predicted molar refractivity (Wildman–Crippen MR) is 93.4 cm³/mol. The fourth-order valence-electron chi connectivity index (χ4n) is 2.85. The largest absolute Gasteiger partial charge is 0.301 e. The minimum atomic E-state index is -0.0925. The van der Waals surface area contributed by atoms with Gasteiger partial charge in [-0.25, -0.2) is 4.98 Å². The number of aromatic nitrogens is 3. The molecule has 0 saturated carbocycles. The number of nitrogens with zero attached hydrogens (tertiary/aromatic N) is 4. The van der Waals surface area contributed by atoms with Crippen molar-refractivity contribution in [1.29, 1.82) is 0 Å². The summed E-state index contributed by atoms with van der Waals surface area (Å²) in [7, 11) is 4.01. The topological polar surface area (TPSA) is 63.1 Å². The van der Waals surface area contributed by atoms with Crippen molar-refractivity contribution in [3.8, 4) is 0 Å². The predicted octanol–water partition coefficient (Wildman–Crippen LogP) is 2.64. The van der Waals surface area contributed by atoms with Gasteiger partial charge in [0.15, 0.2) is 5.13 Å². The Labute approximate surface area is 141 Å². The van der Waals surface area contributed by atoms with Crippen LogP contribution in [0, 0.1) is 6.92 Å². The minimum Gasteiger partial charge on any atom is -0.301 e. The van der Waals surface area contributed by atoms with Gasteiger partial charge in [-0.05, 0) is 20.0 Å². The molecule has 3 aromatic rings. The Morgan fingerprint density at radius 2 is 2.17 bits per heavy atom. The van der Waals surface area contributed by atoms with Crippen LogP contribution in [0.15, 0.2) is 6.07 Å². The molecule has 1 aliphatic rings. The molecule has 6 nitrogen and oxygen atoms in total. The maximum atomic E-state index is 12.5. The van der Waals surface area contributed by atoms with Crippen molar-refractivity contribution in [2.75, 3.05) is 18.9 Å². The SMILES string of the molecule is Cc1nn(C)c2sc(C(=O)Nc3nc4c(s3)CN(C)CC4)cc12. The number of anilines is 1. The lowest BCUT2D eigenvalue weighted by Gasteiger charge is -2.20. The fraction of sp³-hybridized carbons (Fsp3) is 0.400. The third-order valence-corrected chi connectivity index (χ3v) is 6.26. The Morgan fingerprint density at radius 3 is 2.96 bits per heavy atom. The van der Waals surface area contributed by atoms with Gasteiger partial charge in [-0.15, -0.1) is 22.7 Å². The number of rotatable bonds is 2. The van der Waals surface area contributed by atoms with E-state index in [1.165, 1.54) is 16.2 Å². The number of fused-ring (bicyclic) bond motifs is 2. The summed E-state index contributed by atoms with van der Waals surface area (Å²) in [4.78, 5) is 22.3. The van der Waals surface area contributed by atoms with Gasteiger partial charge in [0.1, 0.15) is 4.83 Å². The molecule has 1 N–H and O–H groups in total. The molecule has 0 aromatic carbocycles. The zero-order valence-corrected chi connectivity index (χ0v) is 14.8. The van der Waals surface area contributed by atoms with E-state index in [-0.39, 0.29) is 5.91 Å². The molecule has 0 spiro atoms. The number of likely N-dealkylation sites (N-methyl/N-ethyl adjacent to an activating group) is 1. The molecule has 4 heterocycles. The third kappa shape index (κ3) is 2.56. The Bertz CT molecular complexity index is 872. The highest BCUT2D eigenvalue weighted by Crippen LogP contribution is 2.30. The summed E-state index contributed by atoms with van der Waals surface area (Å²) in [5, 5.41) is 9.06. The number of nitrogens with one attached hydrogen (secondary N) is 1. The molecule has 1 aliphatic heterocycles. The van der Waals surface area contributed by atoms with E-state index in [9.17, 15) is 4.79 Å². The van der Waals surface area contributed by atoms with E-state index in [2.05, 4.69) is 27.3 Å². The average Bonchev–Trinajstić information content (AvgIpc) is 3.15. The molecule has 23 heavy (non-hydrogen) atoms. The van der Waals surface area contributed by atoms with Crippen LogP contribution in [0.2, 0.25) is 0 Å². The van der Waals surface area contributed by atoms with Crippen LogP contribution in [0.4, 0.5) is 5.13 Å². The van der Waals surface area contributed by atoms with Gasteiger partial charge in [0, 0.05) is 36.8 Å². The molecule has 0 bridgehead atoms. The van der Waals surface area contributed by atoms with E-state index < -0.39 is 0 Å². The summed E-state index contributed by atoms with van der Waals surface area (Å²) in [5.74, 6) is -0.0925. The van der Waals surface area contributed by atoms with Crippen molar-refractivity contribution in [2.24, 2.45) is 7.05 Å². The Hall–Kier alpha value is -1.77. The van der Waals surface area contributed by atoms with Crippen LogP contribution in [-0.2, 0) is 20.0 Å². The molecule has 0 aliphatic carbocycles. The second-order valence-electron chi connectivity index (χ2n) is 5.87. The summed E-state index contributed by atoms with van der Waals surface area (Å²) in [5.41, 5.74) is 2.07. The van der Waals surface area contributed by atoms with Gasteiger partial charge in [-0.2, -0.15) is 5.10 Å². The lowest BCUT2D eigenvalue weighted by molar-refractivity contribution is 0.103. The highest BCUT2D eigenvalue weighted by molar-refractivity contribution is 7.20. The van der Waals surface area contributed by atoms with E-state index in [1.54, 1.807) is 11.3 Å². The molecule has 1 amide bonds. The van der Waals surface area contributed by atoms with Crippen molar-refractivity contribution in [2.45, 2.75) is 19.9 Å². The van der Waals surface area contributed by atoms with E-state index >= 15 is 0 Å². The number of aryl methyl sites for hydroxylation is 2. The molecule has 8 heteroatoms. The number of thiazole rings is 1. The van der Waals surface area contributed by atoms with Crippen LogP contribution in [0.1, 0.15) is 25.9 Å². The first-order chi connectivity index (χ1) is 11.0. The Morgan fingerprint density at radius 1 is 1.35 bits per heavy atom. The van der Waals surface area contributed by atoms with Crippen molar-refractivity contribution in [1.82, 2.24) is 19.7 Å². The van der Waals surface area contributed by atoms with Crippen molar-refractivity contribution in [3.63, 3.8) is 0 Å². The highest BCUT2D eigenvalue weighted by atomic mass is 32.1. The normalized spacial score (nSPS) is 15.1. The van der Waals surface area contributed by atoms with E-state index in [1.807, 2.05) is 24.7 Å². The molecular weight excluding hydrogens is 330 g/mol. The Kier molecular flexibility index (Phi) is 3.47. The molecule has 0 atom stereocenters. The summed E-state index contributed by atoms with van der Waals surface area (Å²) >= 11 is 3.04. The van der Waals surface area contributed by atoms with Gasteiger partial charge in [0.25, 0.3) is 5.91 Å². The van der Waals surface area contributed by atoms with Gasteiger partial charge in [0.05, 0.1) is 16.3 Å². The van der Waals surface area contributed by atoms with Crippen LogP contribution >= 0.6 is 22.7 Å². The number of hydrogen-bond acceptors (Lipinski definition) is 6. The standard InChI is InChI=1S/C15H17N5OS2/c1-8-9-6-11(22-14(9)20(3)18-8)13(21)17-15-16-10-4-5-19(2)7-12(10)23-15/h6H,4-5,7H2,1-3H3,(H,16,17,21). The highest BCUT2D eigenvalue weighted by Gasteiger charge is 2.20. The van der Waals surface area contributed by atoms with E-state index in [0.717, 1.165) is 41.1 Å². The zero-order valence-electron chi connectivity index (χ0n) is 13.2. The average molecular weight is 347 g/mol. The molecule has 4 rings (SSSR count). The molecular formula is C15H17N5OS2. The summed E-state index contributed by atoms with van der Waals surface area (Å²) in [6, 6.07) is 1.92.